The van der Waals surface area contributed by atoms with Gasteiger partial charge in [0.2, 0.25) is 0 Å². The monoisotopic (exact) mass is 205 g/mol. The summed E-state index contributed by atoms with van der Waals surface area (Å²) in [5, 5.41) is 3.58. The molecule has 1 aromatic rings. The predicted octanol–water partition coefficient (Wildman–Crippen LogP) is 3.25. The average molecular weight is 205 g/mol. The van der Waals surface area contributed by atoms with Gasteiger partial charge in [0.25, 0.3) is 0 Å². The van der Waals surface area contributed by atoms with E-state index in [0.717, 1.165) is 18.9 Å². The van der Waals surface area contributed by atoms with Crippen molar-refractivity contribution in [3.8, 4) is 0 Å². The van der Waals surface area contributed by atoms with Crippen molar-refractivity contribution in [1.82, 2.24) is 5.32 Å². The molecule has 0 heterocycles. The minimum atomic E-state index is 0.571. The molecule has 1 rings (SSSR count). The molecule has 0 spiro atoms. The molecule has 1 aromatic carbocycles. The minimum Gasteiger partial charge on any atom is -0.314 e. The van der Waals surface area contributed by atoms with Crippen LogP contribution in [-0.2, 0) is 6.42 Å². The fourth-order valence-corrected chi connectivity index (χ4v) is 1.59. The Morgan fingerprint density at radius 3 is 2.40 bits per heavy atom. The fourth-order valence-electron chi connectivity index (χ4n) is 1.59. The lowest BCUT2D eigenvalue weighted by Crippen LogP contribution is -2.31. The van der Waals surface area contributed by atoms with Crippen LogP contribution >= 0.6 is 0 Å². The maximum Gasteiger partial charge on any atom is 0.00792 e. The van der Waals surface area contributed by atoms with Crippen molar-refractivity contribution in [2.75, 3.05) is 6.54 Å². The van der Waals surface area contributed by atoms with Crippen molar-refractivity contribution in [2.24, 2.45) is 5.92 Å². The summed E-state index contributed by atoms with van der Waals surface area (Å²) >= 11 is 0. The highest BCUT2D eigenvalue weighted by molar-refractivity contribution is 5.15. The lowest BCUT2D eigenvalue weighted by atomic mass is 10.1. The second-order valence-corrected chi connectivity index (χ2v) is 4.51. The van der Waals surface area contributed by atoms with Crippen LogP contribution in [-0.4, -0.2) is 12.6 Å². The van der Waals surface area contributed by atoms with Crippen molar-refractivity contribution in [2.45, 2.75) is 39.7 Å². The summed E-state index contributed by atoms with van der Waals surface area (Å²) in [7, 11) is 0. The quantitative estimate of drug-likeness (QED) is 0.751. The van der Waals surface area contributed by atoms with Gasteiger partial charge in [0.05, 0.1) is 0 Å². The molecule has 1 nitrogen and oxygen atoms in total. The van der Waals surface area contributed by atoms with E-state index in [1.807, 2.05) is 0 Å². The predicted molar refractivity (Wildman–Crippen MR) is 67.1 cm³/mol. The highest BCUT2D eigenvalue weighted by Gasteiger charge is 2.04. The molecule has 1 heteroatoms. The molecule has 2 atom stereocenters. The lowest BCUT2D eigenvalue weighted by molar-refractivity contribution is 0.451. The summed E-state index contributed by atoms with van der Waals surface area (Å²) in [6.45, 7) is 7.93. The zero-order valence-electron chi connectivity index (χ0n) is 10.2. The normalized spacial score (nSPS) is 14.9. The molecule has 0 saturated carbocycles. The number of hydrogen-bond acceptors (Lipinski definition) is 1. The van der Waals surface area contributed by atoms with Gasteiger partial charge in [-0.2, -0.15) is 0 Å². The largest absolute Gasteiger partial charge is 0.314 e. The van der Waals surface area contributed by atoms with Gasteiger partial charge in [-0.3, -0.25) is 0 Å². The molecule has 1 N–H and O–H groups in total. The Balaban J connectivity index is 2.27. The van der Waals surface area contributed by atoms with Crippen LogP contribution in [0.3, 0.4) is 0 Å². The number of hydrogen-bond donors (Lipinski definition) is 1. The molecular formula is C14H23N. The molecule has 0 saturated heterocycles. The topological polar surface area (TPSA) is 12.0 Å². The molecule has 0 aliphatic carbocycles. The molecular weight excluding hydrogens is 182 g/mol. The molecule has 0 amide bonds. The summed E-state index contributed by atoms with van der Waals surface area (Å²) in [6.07, 6.45) is 2.38. The fraction of sp³-hybridized carbons (Fsp3) is 0.571. The molecule has 0 bridgehead atoms. The van der Waals surface area contributed by atoms with Crippen molar-refractivity contribution in [3.63, 3.8) is 0 Å². The third-order valence-electron chi connectivity index (χ3n) is 2.90. The summed E-state index contributed by atoms with van der Waals surface area (Å²) in [5.74, 6) is 0.781. The first-order valence-electron chi connectivity index (χ1n) is 5.99. The van der Waals surface area contributed by atoms with Crippen LogP contribution in [0.25, 0.3) is 0 Å². The van der Waals surface area contributed by atoms with Gasteiger partial charge >= 0.3 is 0 Å². The lowest BCUT2D eigenvalue weighted by Gasteiger charge is -2.16. The highest BCUT2D eigenvalue weighted by atomic mass is 14.9. The Morgan fingerprint density at radius 2 is 1.80 bits per heavy atom. The second-order valence-electron chi connectivity index (χ2n) is 4.51. The van der Waals surface area contributed by atoms with Gasteiger partial charge < -0.3 is 5.32 Å². The van der Waals surface area contributed by atoms with E-state index in [-0.39, 0.29) is 0 Å². The summed E-state index contributed by atoms with van der Waals surface area (Å²) in [5.41, 5.74) is 1.42. The van der Waals surface area contributed by atoms with E-state index in [1.54, 1.807) is 0 Å². The highest BCUT2D eigenvalue weighted by Crippen LogP contribution is 2.04. The smallest absolute Gasteiger partial charge is 0.00792 e. The molecule has 0 aliphatic rings. The first-order valence-corrected chi connectivity index (χ1v) is 5.99. The second kappa shape index (κ2) is 6.62. The van der Waals surface area contributed by atoms with Crippen LogP contribution in [0.15, 0.2) is 30.3 Å². The van der Waals surface area contributed by atoms with Gasteiger partial charge in [0, 0.05) is 6.04 Å². The Labute approximate surface area is 93.9 Å². The van der Waals surface area contributed by atoms with Crippen LogP contribution < -0.4 is 5.32 Å². The van der Waals surface area contributed by atoms with Gasteiger partial charge in [0.1, 0.15) is 0 Å². The Hall–Kier alpha value is -0.820. The maximum absolute atomic E-state index is 3.58. The van der Waals surface area contributed by atoms with Gasteiger partial charge in [-0.25, -0.2) is 0 Å². The SMILES string of the molecule is CCC(C)CNC(C)Cc1ccccc1. The zero-order valence-corrected chi connectivity index (χ0v) is 10.2. The Kier molecular flexibility index (Phi) is 5.41. The summed E-state index contributed by atoms with van der Waals surface area (Å²) in [4.78, 5) is 0. The molecule has 84 valence electrons. The van der Waals surface area contributed by atoms with E-state index in [4.69, 9.17) is 0 Å². The van der Waals surface area contributed by atoms with Crippen molar-refractivity contribution >= 4 is 0 Å². The number of benzene rings is 1. The van der Waals surface area contributed by atoms with Crippen LogP contribution in [0.4, 0.5) is 0 Å². The van der Waals surface area contributed by atoms with Crippen LogP contribution in [0.1, 0.15) is 32.8 Å². The van der Waals surface area contributed by atoms with E-state index in [1.165, 1.54) is 12.0 Å². The van der Waals surface area contributed by atoms with Crippen LogP contribution in [0, 0.1) is 5.92 Å². The number of rotatable bonds is 6. The van der Waals surface area contributed by atoms with Crippen molar-refractivity contribution in [3.05, 3.63) is 35.9 Å². The third kappa shape index (κ3) is 4.98. The molecule has 0 aliphatic heterocycles. The third-order valence-corrected chi connectivity index (χ3v) is 2.90. The zero-order chi connectivity index (χ0) is 11.1. The summed E-state index contributed by atoms with van der Waals surface area (Å²) in [6, 6.07) is 11.2. The van der Waals surface area contributed by atoms with Crippen LogP contribution in [0.2, 0.25) is 0 Å². The Morgan fingerprint density at radius 1 is 1.13 bits per heavy atom. The van der Waals surface area contributed by atoms with Gasteiger partial charge in [-0.15, -0.1) is 0 Å². The molecule has 15 heavy (non-hydrogen) atoms. The van der Waals surface area contributed by atoms with Gasteiger partial charge in [0.15, 0.2) is 0 Å². The maximum atomic E-state index is 3.58. The standard InChI is InChI=1S/C14H23N/c1-4-12(2)11-15-13(3)10-14-8-6-5-7-9-14/h5-9,12-13,15H,4,10-11H2,1-3H3. The van der Waals surface area contributed by atoms with Gasteiger partial charge in [-0.05, 0) is 31.4 Å². The number of nitrogens with one attached hydrogen (secondary N) is 1. The van der Waals surface area contributed by atoms with E-state index < -0.39 is 0 Å². The van der Waals surface area contributed by atoms with Gasteiger partial charge in [-0.1, -0.05) is 50.6 Å². The minimum absolute atomic E-state index is 0.571. The Bertz CT molecular complexity index is 255. The molecule has 0 aromatic heterocycles. The molecule has 0 radical (unpaired) electrons. The van der Waals surface area contributed by atoms with E-state index in [2.05, 4.69) is 56.4 Å². The van der Waals surface area contributed by atoms with Crippen LogP contribution in [0.5, 0.6) is 0 Å². The molecule has 0 fully saturated rings. The molecule has 2 unspecified atom stereocenters. The first kappa shape index (κ1) is 12.3. The first-order chi connectivity index (χ1) is 7.22. The average Bonchev–Trinajstić information content (AvgIpc) is 2.27. The van der Waals surface area contributed by atoms with E-state index in [9.17, 15) is 0 Å². The van der Waals surface area contributed by atoms with Crippen molar-refractivity contribution < 1.29 is 0 Å². The van der Waals surface area contributed by atoms with E-state index >= 15 is 0 Å². The van der Waals surface area contributed by atoms with E-state index in [0.29, 0.717) is 6.04 Å². The van der Waals surface area contributed by atoms with Crippen molar-refractivity contribution in [1.29, 1.82) is 0 Å². The summed E-state index contributed by atoms with van der Waals surface area (Å²) < 4.78 is 0.